The van der Waals surface area contributed by atoms with Crippen molar-refractivity contribution in [1.29, 1.82) is 0 Å². The Labute approximate surface area is 118 Å². The summed E-state index contributed by atoms with van der Waals surface area (Å²) in [5.41, 5.74) is 0. The lowest BCUT2D eigenvalue weighted by Gasteiger charge is -2.20. The standard InChI is InChI=1S/C13H19N3O3S/c1-20(18,19)16-5-4-12(15-16)14-13(17)8-11-7-9-2-3-10(11)6-9/h4-5,9-11H,2-3,6-8H2,1H3,(H,14,15,17). The van der Waals surface area contributed by atoms with E-state index in [9.17, 15) is 13.2 Å². The molecule has 7 heteroatoms. The molecule has 2 aliphatic carbocycles. The molecule has 1 aromatic rings. The van der Waals surface area contributed by atoms with Crippen molar-refractivity contribution in [1.82, 2.24) is 9.19 Å². The fraction of sp³-hybridized carbons (Fsp3) is 0.692. The first-order valence-corrected chi connectivity index (χ1v) is 8.83. The zero-order valence-electron chi connectivity index (χ0n) is 11.4. The Kier molecular flexibility index (Phi) is 3.32. The molecule has 0 radical (unpaired) electrons. The lowest BCUT2D eigenvalue weighted by molar-refractivity contribution is -0.117. The van der Waals surface area contributed by atoms with Crippen LogP contribution in [0.15, 0.2) is 12.3 Å². The fourth-order valence-corrected chi connectivity index (χ4v) is 4.14. The van der Waals surface area contributed by atoms with Crippen molar-refractivity contribution in [2.45, 2.75) is 32.1 Å². The smallest absolute Gasteiger partial charge is 0.250 e. The number of aromatic nitrogens is 2. The summed E-state index contributed by atoms with van der Waals surface area (Å²) in [6.07, 6.45) is 7.94. The molecule has 1 heterocycles. The number of anilines is 1. The minimum Gasteiger partial charge on any atom is -0.309 e. The monoisotopic (exact) mass is 297 g/mol. The Hall–Kier alpha value is -1.37. The quantitative estimate of drug-likeness (QED) is 0.912. The van der Waals surface area contributed by atoms with E-state index in [-0.39, 0.29) is 5.91 Å². The minimum atomic E-state index is -3.39. The van der Waals surface area contributed by atoms with Crippen LogP contribution in [-0.2, 0) is 14.8 Å². The maximum atomic E-state index is 12.0. The average molecular weight is 297 g/mol. The molecule has 2 saturated carbocycles. The van der Waals surface area contributed by atoms with Crippen LogP contribution in [0.3, 0.4) is 0 Å². The Morgan fingerprint density at radius 1 is 1.45 bits per heavy atom. The fourth-order valence-electron chi connectivity index (χ4n) is 3.62. The van der Waals surface area contributed by atoms with Crippen LogP contribution >= 0.6 is 0 Å². The molecule has 6 nitrogen and oxygen atoms in total. The summed E-state index contributed by atoms with van der Waals surface area (Å²) in [5.74, 6) is 2.25. The van der Waals surface area contributed by atoms with Gasteiger partial charge in [0.25, 0.3) is 10.0 Å². The molecule has 1 amide bonds. The molecule has 1 N–H and O–H groups in total. The molecule has 3 atom stereocenters. The third-order valence-electron chi connectivity index (χ3n) is 4.51. The van der Waals surface area contributed by atoms with Gasteiger partial charge in [-0.1, -0.05) is 6.42 Å². The van der Waals surface area contributed by atoms with Gasteiger partial charge in [0.05, 0.1) is 6.26 Å². The molecular formula is C13H19N3O3S. The molecule has 20 heavy (non-hydrogen) atoms. The highest BCUT2D eigenvalue weighted by Crippen LogP contribution is 2.49. The van der Waals surface area contributed by atoms with Gasteiger partial charge < -0.3 is 5.32 Å². The van der Waals surface area contributed by atoms with E-state index in [1.807, 2.05) is 0 Å². The lowest BCUT2D eigenvalue weighted by Crippen LogP contribution is -2.20. The number of nitrogens with zero attached hydrogens (tertiary/aromatic N) is 2. The zero-order chi connectivity index (χ0) is 14.3. The molecule has 0 aromatic carbocycles. The predicted molar refractivity (Wildman–Crippen MR) is 74.7 cm³/mol. The van der Waals surface area contributed by atoms with Crippen LogP contribution in [0.2, 0.25) is 0 Å². The molecule has 0 spiro atoms. The van der Waals surface area contributed by atoms with E-state index in [1.165, 1.54) is 31.5 Å². The van der Waals surface area contributed by atoms with Crippen molar-refractivity contribution in [3.8, 4) is 0 Å². The second-order valence-electron chi connectivity index (χ2n) is 6.02. The number of hydrogen-bond donors (Lipinski definition) is 1. The van der Waals surface area contributed by atoms with Gasteiger partial charge in [-0.2, -0.15) is 4.09 Å². The van der Waals surface area contributed by atoms with Crippen molar-refractivity contribution in [2.75, 3.05) is 11.6 Å². The van der Waals surface area contributed by atoms with Gasteiger partial charge in [0, 0.05) is 18.7 Å². The van der Waals surface area contributed by atoms with Gasteiger partial charge in [-0.15, -0.1) is 5.10 Å². The third-order valence-corrected chi connectivity index (χ3v) is 5.39. The largest absolute Gasteiger partial charge is 0.309 e. The molecule has 3 unspecified atom stereocenters. The summed E-state index contributed by atoms with van der Waals surface area (Å²) < 4.78 is 23.4. The summed E-state index contributed by atoms with van der Waals surface area (Å²) in [6, 6.07) is 1.50. The van der Waals surface area contributed by atoms with Crippen LogP contribution < -0.4 is 5.32 Å². The van der Waals surface area contributed by atoms with Crippen LogP contribution in [0.5, 0.6) is 0 Å². The first-order valence-electron chi connectivity index (χ1n) is 6.98. The van der Waals surface area contributed by atoms with Gasteiger partial charge in [0.1, 0.15) is 0 Å². The number of nitrogens with one attached hydrogen (secondary N) is 1. The van der Waals surface area contributed by atoms with Gasteiger partial charge in [-0.05, 0) is 37.0 Å². The van der Waals surface area contributed by atoms with Crippen molar-refractivity contribution in [3.05, 3.63) is 12.3 Å². The Morgan fingerprint density at radius 3 is 2.80 bits per heavy atom. The van der Waals surface area contributed by atoms with Crippen molar-refractivity contribution >= 4 is 21.7 Å². The zero-order valence-corrected chi connectivity index (χ0v) is 12.3. The van der Waals surface area contributed by atoms with Gasteiger partial charge >= 0.3 is 0 Å². The SMILES string of the molecule is CS(=O)(=O)n1ccc(NC(=O)CC2CC3CCC2C3)n1. The molecular weight excluding hydrogens is 278 g/mol. The van der Waals surface area contributed by atoms with E-state index in [4.69, 9.17) is 0 Å². The van der Waals surface area contributed by atoms with Gasteiger partial charge in [0.2, 0.25) is 5.91 Å². The van der Waals surface area contributed by atoms with E-state index < -0.39 is 10.0 Å². The Balaban J connectivity index is 1.58. The summed E-state index contributed by atoms with van der Waals surface area (Å²) in [4.78, 5) is 12.0. The third kappa shape index (κ3) is 2.72. The van der Waals surface area contributed by atoms with E-state index in [0.717, 1.165) is 22.7 Å². The highest BCUT2D eigenvalue weighted by Gasteiger charge is 2.40. The predicted octanol–water partition coefficient (Wildman–Crippen LogP) is 1.46. The maximum Gasteiger partial charge on any atom is 0.250 e. The summed E-state index contributed by atoms with van der Waals surface area (Å²) in [5, 5.41) is 6.53. The topological polar surface area (TPSA) is 81.1 Å². The number of carbonyl (C=O) groups excluding carboxylic acids is 1. The van der Waals surface area contributed by atoms with Crippen molar-refractivity contribution < 1.29 is 13.2 Å². The van der Waals surface area contributed by atoms with Crippen LogP contribution in [0.4, 0.5) is 5.82 Å². The van der Waals surface area contributed by atoms with Crippen LogP contribution in [0.1, 0.15) is 32.1 Å². The Bertz CT molecular complexity index is 623. The lowest BCUT2D eigenvalue weighted by atomic mass is 9.86. The Morgan fingerprint density at radius 2 is 2.25 bits per heavy atom. The number of rotatable bonds is 4. The normalized spacial score (nSPS) is 28.8. The van der Waals surface area contributed by atoms with Crippen LogP contribution in [-0.4, -0.2) is 29.8 Å². The van der Waals surface area contributed by atoms with Gasteiger partial charge in [-0.3, -0.25) is 4.79 Å². The van der Waals surface area contributed by atoms with Gasteiger partial charge in [0.15, 0.2) is 5.82 Å². The van der Waals surface area contributed by atoms with Crippen molar-refractivity contribution in [2.24, 2.45) is 17.8 Å². The van der Waals surface area contributed by atoms with E-state index >= 15 is 0 Å². The highest BCUT2D eigenvalue weighted by atomic mass is 32.2. The molecule has 1 aromatic heterocycles. The maximum absolute atomic E-state index is 12.0. The number of carbonyl (C=O) groups is 1. The number of fused-ring (bicyclic) bond motifs is 2. The summed E-state index contributed by atoms with van der Waals surface area (Å²) in [6.45, 7) is 0. The molecule has 2 aliphatic rings. The average Bonchev–Trinajstić information content (AvgIpc) is 3.02. The van der Waals surface area contributed by atoms with E-state index in [1.54, 1.807) is 0 Å². The molecule has 3 rings (SSSR count). The van der Waals surface area contributed by atoms with E-state index in [0.29, 0.717) is 24.1 Å². The molecule has 110 valence electrons. The summed E-state index contributed by atoms with van der Waals surface area (Å²) in [7, 11) is -3.39. The number of hydrogen-bond acceptors (Lipinski definition) is 4. The first-order chi connectivity index (χ1) is 9.41. The second kappa shape index (κ2) is 4.87. The van der Waals surface area contributed by atoms with Gasteiger partial charge in [-0.25, -0.2) is 8.42 Å². The summed E-state index contributed by atoms with van der Waals surface area (Å²) >= 11 is 0. The second-order valence-corrected chi connectivity index (χ2v) is 7.86. The molecule has 0 aliphatic heterocycles. The molecule has 0 saturated heterocycles. The van der Waals surface area contributed by atoms with Crippen LogP contribution in [0, 0.1) is 17.8 Å². The number of amides is 1. The highest BCUT2D eigenvalue weighted by molar-refractivity contribution is 7.89. The van der Waals surface area contributed by atoms with E-state index in [2.05, 4.69) is 10.4 Å². The van der Waals surface area contributed by atoms with Crippen molar-refractivity contribution in [3.63, 3.8) is 0 Å². The van der Waals surface area contributed by atoms with Crippen LogP contribution in [0.25, 0.3) is 0 Å². The molecule has 2 bridgehead atoms. The minimum absolute atomic E-state index is 0.0682. The molecule has 2 fully saturated rings. The first kappa shape index (κ1) is 13.6.